The molecular weight excluding hydrogens is 322 g/mol. The second kappa shape index (κ2) is 5.39. The average molecular weight is 335 g/mol. The number of amides is 2. The highest BCUT2D eigenvalue weighted by Crippen LogP contribution is 2.40. The van der Waals surface area contributed by atoms with Crippen molar-refractivity contribution in [1.82, 2.24) is 4.31 Å². The van der Waals surface area contributed by atoms with E-state index < -0.39 is 0 Å². The van der Waals surface area contributed by atoms with E-state index in [4.69, 9.17) is 0 Å². The Labute approximate surface area is 142 Å². The van der Waals surface area contributed by atoms with Crippen LogP contribution in [-0.4, -0.2) is 21.2 Å². The number of carbonyl (C=O) groups excluding carboxylic acids is 2. The first-order valence-corrected chi connectivity index (χ1v) is 8.22. The van der Waals surface area contributed by atoms with Gasteiger partial charge in [-0.25, -0.2) is 4.31 Å². The van der Waals surface area contributed by atoms with Crippen molar-refractivity contribution in [2.45, 2.75) is 11.8 Å². The summed E-state index contributed by atoms with van der Waals surface area (Å²) in [5.41, 5.74) is 1.55. The van der Waals surface area contributed by atoms with E-state index in [1.54, 1.807) is 37.3 Å². The van der Waals surface area contributed by atoms with Gasteiger partial charge in [-0.1, -0.05) is 36.4 Å². The topological polar surface area (TPSA) is 57.6 Å². The Balaban J connectivity index is 1.80. The second-order valence-corrected chi connectivity index (χ2v) is 6.61. The molecule has 0 bridgehead atoms. The molecule has 1 heterocycles. The Morgan fingerprint density at radius 2 is 1.42 bits per heavy atom. The minimum absolute atomic E-state index is 0.220. The first-order chi connectivity index (χ1) is 11.6. The standard InChI is InChI=1S/C19H13NO3S/c1-11-10-16(12-6-2-3-7-13(12)17(11)21)24-20-18(22)14-8-4-5-9-15(14)19(20)23/h2-10,21H,1H3. The minimum atomic E-state index is -0.310. The molecule has 118 valence electrons. The molecule has 0 fully saturated rings. The largest absolute Gasteiger partial charge is 0.507 e. The van der Waals surface area contributed by atoms with Crippen LogP contribution in [0.4, 0.5) is 0 Å². The molecule has 0 unspecified atom stereocenters. The van der Waals surface area contributed by atoms with Crippen molar-refractivity contribution in [3.05, 3.63) is 71.3 Å². The predicted molar refractivity (Wildman–Crippen MR) is 93.1 cm³/mol. The zero-order valence-electron chi connectivity index (χ0n) is 12.8. The van der Waals surface area contributed by atoms with Crippen molar-refractivity contribution >= 4 is 34.5 Å². The number of imide groups is 1. The lowest BCUT2D eigenvalue weighted by molar-refractivity contribution is 0.0777. The van der Waals surface area contributed by atoms with E-state index >= 15 is 0 Å². The number of benzene rings is 3. The van der Waals surface area contributed by atoms with Crippen molar-refractivity contribution in [3.63, 3.8) is 0 Å². The quantitative estimate of drug-likeness (QED) is 0.564. The summed E-state index contributed by atoms with van der Waals surface area (Å²) in [5.74, 6) is -0.400. The Hall–Kier alpha value is -2.79. The first-order valence-electron chi connectivity index (χ1n) is 7.45. The van der Waals surface area contributed by atoms with Gasteiger partial charge >= 0.3 is 0 Å². The van der Waals surface area contributed by atoms with Crippen LogP contribution in [0.25, 0.3) is 10.8 Å². The van der Waals surface area contributed by atoms with Gasteiger partial charge in [0.05, 0.1) is 11.1 Å². The molecule has 4 nitrogen and oxygen atoms in total. The molecule has 0 saturated heterocycles. The van der Waals surface area contributed by atoms with Crippen LogP contribution in [-0.2, 0) is 0 Å². The number of phenolic OH excluding ortho intramolecular Hbond substituents is 1. The number of aryl methyl sites for hydroxylation is 1. The number of aromatic hydroxyl groups is 1. The van der Waals surface area contributed by atoms with Crippen molar-refractivity contribution in [2.24, 2.45) is 0 Å². The van der Waals surface area contributed by atoms with E-state index in [0.29, 0.717) is 22.1 Å². The number of hydrogen-bond donors (Lipinski definition) is 1. The highest BCUT2D eigenvalue weighted by molar-refractivity contribution is 7.98. The summed E-state index contributed by atoms with van der Waals surface area (Å²) in [6, 6.07) is 16.0. The van der Waals surface area contributed by atoms with Gasteiger partial charge in [-0.2, -0.15) is 0 Å². The smallest absolute Gasteiger partial charge is 0.272 e. The SMILES string of the molecule is Cc1cc(SN2C(=O)c3ccccc3C2=O)c2ccccc2c1O. The van der Waals surface area contributed by atoms with Crippen molar-refractivity contribution < 1.29 is 14.7 Å². The molecule has 3 aromatic carbocycles. The molecule has 0 aromatic heterocycles. The molecule has 4 rings (SSSR count). The van der Waals surface area contributed by atoms with Gasteiger partial charge in [0, 0.05) is 15.7 Å². The maximum atomic E-state index is 12.5. The van der Waals surface area contributed by atoms with Crippen molar-refractivity contribution in [2.75, 3.05) is 0 Å². The van der Waals surface area contributed by atoms with Crippen LogP contribution in [0.5, 0.6) is 5.75 Å². The summed E-state index contributed by atoms with van der Waals surface area (Å²) in [5, 5.41) is 11.7. The van der Waals surface area contributed by atoms with E-state index in [-0.39, 0.29) is 17.6 Å². The minimum Gasteiger partial charge on any atom is -0.507 e. The van der Waals surface area contributed by atoms with E-state index in [1.807, 2.05) is 24.3 Å². The third kappa shape index (κ3) is 2.09. The Bertz CT molecular complexity index is 978. The summed E-state index contributed by atoms with van der Waals surface area (Å²) < 4.78 is 1.18. The van der Waals surface area contributed by atoms with E-state index in [2.05, 4.69) is 0 Å². The number of rotatable bonds is 2. The molecule has 1 aliphatic rings. The fourth-order valence-corrected chi connectivity index (χ4v) is 3.95. The fraction of sp³-hybridized carbons (Fsp3) is 0.0526. The van der Waals surface area contributed by atoms with Crippen LogP contribution in [0.3, 0.4) is 0 Å². The maximum absolute atomic E-state index is 12.5. The van der Waals surface area contributed by atoms with E-state index in [1.165, 1.54) is 4.31 Å². The fourth-order valence-electron chi connectivity index (χ4n) is 2.88. The molecule has 0 saturated carbocycles. The number of carbonyl (C=O) groups is 2. The van der Waals surface area contributed by atoms with E-state index in [0.717, 1.165) is 22.2 Å². The van der Waals surface area contributed by atoms with Crippen LogP contribution < -0.4 is 0 Å². The lowest BCUT2D eigenvalue weighted by Gasteiger charge is -2.15. The lowest BCUT2D eigenvalue weighted by Crippen LogP contribution is -2.22. The molecule has 0 spiro atoms. The van der Waals surface area contributed by atoms with Gasteiger partial charge in [-0.15, -0.1) is 0 Å². The monoisotopic (exact) mass is 335 g/mol. The van der Waals surface area contributed by atoms with Gasteiger partial charge in [-0.3, -0.25) is 9.59 Å². The summed E-state index contributed by atoms with van der Waals surface area (Å²) in [4.78, 5) is 25.8. The molecule has 24 heavy (non-hydrogen) atoms. The van der Waals surface area contributed by atoms with Gasteiger partial charge < -0.3 is 5.11 Å². The average Bonchev–Trinajstić information content (AvgIpc) is 2.85. The number of nitrogens with zero attached hydrogens (tertiary/aromatic N) is 1. The third-order valence-corrected chi connectivity index (χ3v) is 5.16. The van der Waals surface area contributed by atoms with Gasteiger partial charge in [0.15, 0.2) is 0 Å². The van der Waals surface area contributed by atoms with Crippen LogP contribution in [0.2, 0.25) is 0 Å². The number of fused-ring (bicyclic) bond motifs is 2. The Morgan fingerprint density at radius 1 is 0.875 bits per heavy atom. The zero-order chi connectivity index (χ0) is 16.8. The molecule has 1 aliphatic heterocycles. The van der Waals surface area contributed by atoms with Crippen molar-refractivity contribution in [1.29, 1.82) is 0 Å². The van der Waals surface area contributed by atoms with Crippen LogP contribution in [0, 0.1) is 6.92 Å². The maximum Gasteiger partial charge on any atom is 0.272 e. The lowest BCUT2D eigenvalue weighted by atomic mass is 10.1. The van der Waals surface area contributed by atoms with Crippen molar-refractivity contribution in [3.8, 4) is 5.75 Å². The Morgan fingerprint density at radius 3 is 2.04 bits per heavy atom. The Kier molecular flexibility index (Phi) is 3.32. The van der Waals surface area contributed by atoms with Crippen LogP contribution >= 0.6 is 11.9 Å². The molecule has 3 aromatic rings. The molecule has 0 atom stereocenters. The van der Waals surface area contributed by atoms with Gasteiger partial charge in [0.1, 0.15) is 5.75 Å². The van der Waals surface area contributed by atoms with E-state index in [9.17, 15) is 14.7 Å². The predicted octanol–water partition coefficient (Wildman–Crippen LogP) is 4.16. The summed E-state index contributed by atoms with van der Waals surface area (Å²) >= 11 is 1.10. The van der Waals surface area contributed by atoms with Crippen LogP contribution in [0.15, 0.2) is 59.5 Å². The first kappa shape index (κ1) is 14.8. The molecule has 0 radical (unpaired) electrons. The number of hydrogen-bond acceptors (Lipinski definition) is 4. The molecule has 1 N–H and O–H groups in total. The molecular formula is C19H13NO3S. The molecule has 5 heteroatoms. The summed E-state index contributed by atoms with van der Waals surface area (Å²) in [6.07, 6.45) is 0. The summed E-state index contributed by atoms with van der Waals surface area (Å²) in [6.45, 7) is 1.80. The second-order valence-electron chi connectivity index (χ2n) is 5.63. The highest BCUT2D eigenvalue weighted by Gasteiger charge is 2.36. The van der Waals surface area contributed by atoms with Gasteiger partial charge in [-0.05, 0) is 42.6 Å². The van der Waals surface area contributed by atoms with Gasteiger partial charge in [0.2, 0.25) is 0 Å². The molecule has 0 aliphatic carbocycles. The normalized spacial score (nSPS) is 13.6. The third-order valence-electron chi connectivity index (χ3n) is 4.12. The van der Waals surface area contributed by atoms with Gasteiger partial charge in [0.25, 0.3) is 11.8 Å². The molecule has 2 amide bonds. The summed E-state index contributed by atoms with van der Waals surface area (Å²) in [7, 11) is 0. The number of phenols is 1. The van der Waals surface area contributed by atoms with Crippen LogP contribution in [0.1, 0.15) is 26.3 Å². The highest BCUT2D eigenvalue weighted by atomic mass is 32.2. The zero-order valence-corrected chi connectivity index (χ0v) is 13.6.